The van der Waals surface area contributed by atoms with Gasteiger partial charge in [0, 0.05) is 26.1 Å². The summed E-state index contributed by atoms with van der Waals surface area (Å²) < 4.78 is 52.7. The third-order valence-electron chi connectivity index (χ3n) is 4.95. The molecular formula is C20H22F2N2O3S. The maximum Gasteiger partial charge on any atom is 0.240 e. The Hall–Kier alpha value is -2.32. The molecule has 0 unspecified atom stereocenters. The third kappa shape index (κ3) is 4.94. The number of carbonyl (C=O) groups is 1. The number of piperidine rings is 1. The van der Waals surface area contributed by atoms with Gasteiger partial charge in [-0.1, -0.05) is 30.3 Å². The third-order valence-corrected chi connectivity index (χ3v) is 6.41. The number of benzene rings is 2. The van der Waals surface area contributed by atoms with Crippen LogP contribution in [0.4, 0.5) is 8.78 Å². The zero-order valence-electron chi connectivity index (χ0n) is 15.3. The molecule has 1 aliphatic heterocycles. The summed E-state index contributed by atoms with van der Waals surface area (Å²) in [5.41, 5.74) is 1.27. The molecule has 1 amide bonds. The van der Waals surface area contributed by atoms with Crippen molar-refractivity contribution < 1.29 is 22.0 Å². The molecule has 8 heteroatoms. The molecule has 0 spiro atoms. The summed E-state index contributed by atoms with van der Waals surface area (Å²) in [5.74, 6) is -2.05. The summed E-state index contributed by atoms with van der Waals surface area (Å²) in [6, 6.07) is 12.5. The molecular weight excluding hydrogens is 386 g/mol. The van der Waals surface area contributed by atoms with Gasteiger partial charge in [0.25, 0.3) is 0 Å². The Balaban J connectivity index is 1.47. The zero-order chi connectivity index (χ0) is 20.1. The molecule has 1 fully saturated rings. The molecule has 0 bridgehead atoms. The molecule has 0 atom stereocenters. The van der Waals surface area contributed by atoms with E-state index in [1.807, 2.05) is 18.2 Å². The molecule has 5 nitrogen and oxygen atoms in total. The molecule has 0 saturated carbocycles. The quantitative estimate of drug-likeness (QED) is 0.799. The summed E-state index contributed by atoms with van der Waals surface area (Å²) >= 11 is 0. The highest BCUT2D eigenvalue weighted by atomic mass is 32.2. The number of amides is 1. The van der Waals surface area contributed by atoms with Gasteiger partial charge in [0.05, 0.1) is 4.90 Å². The van der Waals surface area contributed by atoms with Crippen molar-refractivity contribution in [1.29, 1.82) is 0 Å². The van der Waals surface area contributed by atoms with Crippen molar-refractivity contribution in [2.24, 2.45) is 0 Å². The zero-order valence-corrected chi connectivity index (χ0v) is 16.1. The molecule has 150 valence electrons. The van der Waals surface area contributed by atoms with Crippen LogP contribution in [-0.4, -0.2) is 38.9 Å². The Labute approximate surface area is 163 Å². The van der Waals surface area contributed by atoms with E-state index in [1.165, 1.54) is 5.56 Å². The number of halogens is 2. The number of carbonyl (C=O) groups excluding carboxylic acids is 1. The molecule has 3 rings (SSSR count). The number of nitrogens with zero attached hydrogens (tertiary/aromatic N) is 1. The fourth-order valence-electron chi connectivity index (χ4n) is 3.37. The lowest BCUT2D eigenvalue weighted by molar-refractivity contribution is -0.132. The van der Waals surface area contributed by atoms with Gasteiger partial charge < -0.3 is 4.90 Å². The van der Waals surface area contributed by atoms with E-state index >= 15 is 0 Å². The summed E-state index contributed by atoms with van der Waals surface area (Å²) in [6.07, 6.45) is 1.76. The molecule has 1 saturated heterocycles. The average Bonchev–Trinajstić information content (AvgIpc) is 2.70. The Kier molecular flexibility index (Phi) is 6.41. The number of hydrogen-bond acceptors (Lipinski definition) is 3. The van der Waals surface area contributed by atoms with Crippen LogP contribution in [0.25, 0.3) is 0 Å². The predicted molar refractivity (Wildman–Crippen MR) is 101 cm³/mol. The second kappa shape index (κ2) is 8.79. The second-order valence-corrected chi connectivity index (χ2v) is 8.56. The molecule has 28 heavy (non-hydrogen) atoms. The SMILES string of the molecule is O=C(CCNS(=O)(=O)c1ccc(F)c(F)c1)N1CCC(c2ccccc2)CC1. The van der Waals surface area contributed by atoms with E-state index in [2.05, 4.69) is 16.9 Å². The minimum absolute atomic E-state index is 0.0128. The first-order valence-corrected chi connectivity index (χ1v) is 10.6. The van der Waals surface area contributed by atoms with Crippen LogP contribution in [-0.2, 0) is 14.8 Å². The minimum atomic E-state index is -4.00. The molecule has 1 N–H and O–H groups in total. The molecule has 2 aromatic rings. The largest absolute Gasteiger partial charge is 0.343 e. The van der Waals surface area contributed by atoms with E-state index in [0.29, 0.717) is 25.1 Å². The van der Waals surface area contributed by atoms with Gasteiger partial charge in [-0.25, -0.2) is 21.9 Å². The fraction of sp³-hybridized carbons (Fsp3) is 0.350. The van der Waals surface area contributed by atoms with Crippen LogP contribution in [0, 0.1) is 11.6 Å². The van der Waals surface area contributed by atoms with Crippen LogP contribution in [0.2, 0.25) is 0 Å². The number of nitrogens with one attached hydrogen (secondary N) is 1. The minimum Gasteiger partial charge on any atom is -0.343 e. The van der Waals surface area contributed by atoms with Gasteiger partial charge in [0.1, 0.15) is 0 Å². The lowest BCUT2D eigenvalue weighted by atomic mass is 9.89. The van der Waals surface area contributed by atoms with Gasteiger partial charge in [-0.2, -0.15) is 0 Å². The number of rotatable bonds is 6. The number of likely N-dealkylation sites (tertiary alicyclic amines) is 1. The second-order valence-electron chi connectivity index (χ2n) is 6.79. The van der Waals surface area contributed by atoms with E-state index in [1.54, 1.807) is 4.90 Å². The summed E-state index contributed by atoms with van der Waals surface area (Å²) in [5, 5.41) is 0. The van der Waals surface area contributed by atoms with Crippen LogP contribution < -0.4 is 4.72 Å². The maximum atomic E-state index is 13.2. The molecule has 0 aliphatic carbocycles. The highest BCUT2D eigenvalue weighted by molar-refractivity contribution is 7.89. The highest BCUT2D eigenvalue weighted by Crippen LogP contribution is 2.27. The van der Waals surface area contributed by atoms with Crippen molar-refractivity contribution in [3.63, 3.8) is 0 Å². The Bertz CT molecular complexity index is 928. The Morgan fingerprint density at radius 3 is 2.36 bits per heavy atom. The Morgan fingerprint density at radius 1 is 1.04 bits per heavy atom. The van der Waals surface area contributed by atoms with Gasteiger partial charge >= 0.3 is 0 Å². The van der Waals surface area contributed by atoms with Crippen molar-refractivity contribution in [2.45, 2.75) is 30.1 Å². The summed E-state index contributed by atoms with van der Waals surface area (Å²) in [4.78, 5) is 13.7. The first kappa shape index (κ1) is 20.4. The van der Waals surface area contributed by atoms with Gasteiger partial charge in [-0.3, -0.25) is 4.79 Å². The lowest BCUT2D eigenvalue weighted by Gasteiger charge is -2.32. The monoisotopic (exact) mass is 408 g/mol. The predicted octanol–water partition coefficient (Wildman–Crippen LogP) is 3.04. The van der Waals surface area contributed by atoms with Crippen molar-refractivity contribution in [1.82, 2.24) is 9.62 Å². The number of hydrogen-bond donors (Lipinski definition) is 1. The smallest absolute Gasteiger partial charge is 0.240 e. The van der Waals surface area contributed by atoms with Gasteiger partial charge in [0.15, 0.2) is 11.6 Å². The van der Waals surface area contributed by atoms with Gasteiger partial charge in [-0.15, -0.1) is 0 Å². The van der Waals surface area contributed by atoms with Crippen molar-refractivity contribution >= 4 is 15.9 Å². The first-order valence-electron chi connectivity index (χ1n) is 9.14. The van der Waals surface area contributed by atoms with Gasteiger partial charge in [-0.05, 0) is 42.5 Å². The van der Waals surface area contributed by atoms with E-state index in [0.717, 1.165) is 25.0 Å². The molecule has 0 aromatic heterocycles. The number of sulfonamides is 1. The summed E-state index contributed by atoms with van der Waals surface area (Å²) in [7, 11) is -4.00. The van der Waals surface area contributed by atoms with Crippen molar-refractivity contribution in [2.75, 3.05) is 19.6 Å². The van der Waals surface area contributed by atoms with Crippen LogP contribution in [0.15, 0.2) is 53.4 Å². The van der Waals surface area contributed by atoms with Crippen LogP contribution in [0.5, 0.6) is 0 Å². The fourth-order valence-corrected chi connectivity index (χ4v) is 4.41. The first-order chi connectivity index (χ1) is 13.4. The van der Waals surface area contributed by atoms with Crippen molar-refractivity contribution in [3.05, 3.63) is 65.7 Å². The van der Waals surface area contributed by atoms with Crippen LogP contribution in [0.1, 0.15) is 30.7 Å². The van der Waals surface area contributed by atoms with E-state index in [9.17, 15) is 22.0 Å². The molecule has 1 aliphatic rings. The topological polar surface area (TPSA) is 66.5 Å². The Morgan fingerprint density at radius 2 is 1.71 bits per heavy atom. The standard InChI is InChI=1S/C20H22F2N2O3S/c21-18-7-6-17(14-19(18)22)28(26,27)23-11-8-20(25)24-12-9-16(10-13-24)15-4-2-1-3-5-15/h1-7,14,16,23H,8-13H2. The van der Waals surface area contributed by atoms with E-state index in [4.69, 9.17) is 0 Å². The van der Waals surface area contributed by atoms with Gasteiger partial charge in [0.2, 0.25) is 15.9 Å². The molecule has 1 heterocycles. The highest BCUT2D eigenvalue weighted by Gasteiger charge is 2.24. The maximum absolute atomic E-state index is 13.2. The lowest BCUT2D eigenvalue weighted by Crippen LogP contribution is -2.39. The van der Waals surface area contributed by atoms with E-state index < -0.39 is 21.7 Å². The van der Waals surface area contributed by atoms with Crippen LogP contribution in [0.3, 0.4) is 0 Å². The molecule has 0 radical (unpaired) electrons. The summed E-state index contributed by atoms with van der Waals surface area (Å²) in [6.45, 7) is 1.17. The normalized spacial score (nSPS) is 15.6. The van der Waals surface area contributed by atoms with Crippen LogP contribution >= 0.6 is 0 Å². The van der Waals surface area contributed by atoms with E-state index in [-0.39, 0.29) is 23.8 Å². The average molecular weight is 408 g/mol. The molecule has 2 aromatic carbocycles. The van der Waals surface area contributed by atoms with Crippen molar-refractivity contribution in [3.8, 4) is 0 Å².